The third-order valence-electron chi connectivity index (χ3n) is 4.49. The predicted octanol–water partition coefficient (Wildman–Crippen LogP) is 3.54. The highest BCUT2D eigenvalue weighted by atomic mass is 35.5. The molecule has 0 aliphatic rings. The lowest BCUT2D eigenvalue weighted by Gasteiger charge is -2.16. The molecule has 1 aromatic heterocycles. The van der Waals surface area contributed by atoms with Crippen LogP contribution in [0.4, 0.5) is 5.69 Å². The number of carbonyl (C=O) groups excluding carboxylic acids is 1. The number of hydrogen-bond acceptors (Lipinski definition) is 6. The molecule has 0 aliphatic carbocycles. The Morgan fingerprint density at radius 1 is 1.03 bits per heavy atom. The summed E-state index contributed by atoms with van der Waals surface area (Å²) in [6.45, 7) is 1.49. The normalized spacial score (nSPS) is 10.5. The van der Waals surface area contributed by atoms with E-state index in [0.29, 0.717) is 45.0 Å². The summed E-state index contributed by atoms with van der Waals surface area (Å²) < 4.78 is 17.2. The maximum Gasteiger partial charge on any atom is 0.254 e. The molecule has 0 saturated heterocycles. The number of nitrogens with one attached hydrogen (secondary N) is 1. The van der Waals surface area contributed by atoms with Gasteiger partial charge in [-0.2, -0.15) is 0 Å². The quantitative estimate of drug-likeness (QED) is 0.600. The minimum Gasteiger partial charge on any atom is -0.493 e. The van der Waals surface area contributed by atoms with Crippen LogP contribution in [0, 0.1) is 6.92 Å². The molecule has 1 N–H and O–H groups in total. The van der Waals surface area contributed by atoms with Crippen LogP contribution in [0.3, 0.4) is 0 Å². The Morgan fingerprint density at radius 3 is 2.19 bits per heavy atom. The van der Waals surface area contributed by atoms with Crippen LogP contribution in [0.1, 0.15) is 5.69 Å². The van der Waals surface area contributed by atoms with E-state index in [1.54, 1.807) is 43.3 Å². The number of aromatic nitrogens is 2. The van der Waals surface area contributed by atoms with Crippen molar-refractivity contribution < 1.29 is 19.0 Å². The fourth-order valence-corrected chi connectivity index (χ4v) is 3.22. The van der Waals surface area contributed by atoms with Crippen molar-refractivity contribution in [1.82, 2.24) is 9.55 Å². The van der Waals surface area contributed by atoms with Gasteiger partial charge in [0.2, 0.25) is 11.7 Å². The molecule has 0 spiro atoms. The number of ether oxygens (including phenoxy) is 3. The van der Waals surface area contributed by atoms with Crippen molar-refractivity contribution in [2.45, 2.75) is 13.5 Å². The molecular formula is C22H22ClN3O5. The van der Waals surface area contributed by atoms with Gasteiger partial charge in [-0.05, 0) is 31.2 Å². The minimum atomic E-state index is -0.419. The monoisotopic (exact) mass is 443 g/mol. The highest BCUT2D eigenvalue weighted by Crippen LogP contribution is 2.39. The SMILES string of the molecule is COc1cc(NC(=O)Cn2c(-c3ccc(Cl)cc3)nc(C)cc2=O)cc(OC)c1OC. The van der Waals surface area contributed by atoms with E-state index < -0.39 is 5.91 Å². The van der Waals surface area contributed by atoms with Gasteiger partial charge < -0.3 is 19.5 Å². The molecule has 162 valence electrons. The number of halogens is 1. The molecule has 31 heavy (non-hydrogen) atoms. The number of hydrogen-bond donors (Lipinski definition) is 1. The first kappa shape index (κ1) is 22.2. The number of nitrogens with zero attached hydrogens (tertiary/aromatic N) is 2. The van der Waals surface area contributed by atoms with Gasteiger partial charge in [0, 0.05) is 40.2 Å². The van der Waals surface area contributed by atoms with E-state index in [2.05, 4.69) is 10.3 Å². The number of carbonyl (C=O) groups is 1. The van der Waals surface area contributed by atoms with Crippen molar-refractivity contribution in [3.05, 3.63) is 63.5 Å². The first-order valence-corrected chi connectivity index (χ1v) is 9.68. The second-order valence-corrected chi connectivity index (χ2v) is 7.05. The fraction of sp³-hybridized carbons (Fsp3) is 0.227. The second kappa shape index (κ2) is 9.53. The Hall–Kier alpha value is -3.52. The highest BCUT2D eigenvalue weighted by molar-refractivity contribution is 6.30. The Labute approximate surface area is 184 Å². The Morgan fingerprint density at radius 2 is 1.65 bits per heavy atom. The molecule has 8 nitrogen and oxygen atoms in total. The lowest BCUT2D eigenvalue weighted by Crippen LogP contribution is -2.29. The topological polar surface area (TPSA) is 91.7 Å². The van der Waals surface area contributed by atoms with Gasteiger partial charge in [0.25, 0.3) is 5.56 Å². The summed E-state index contributed by atoms with van der Waals surface area (Å²) in [6.07, 6.45) is 0. The van der Waals surface area contributed by atoms with Gasteiger partial charge in [0.15, 0.2) is 11.5 Å². The number of rotatable bonds is 7. The van der Waals surface area contributed by atoms with Crippen LogP contribution in [0.15, 0.2) is 47.3 Å². The van der Waals surface area contributed by atoms with E-state index in [1.807, 2.05) is 0 Å². The van der Waals surface area contributed by atoms with Crippen molar-refractivity contribution in [3.63, 3.8) is 0 Å². The van der Waals surface area contributed by atoms with Gasteiger partial charge in [0.1, 0.15) is 12.4 Å². The van der Waals surface area contributed by atoms with E-state index in [-0.39, 0.29) is 12.1 Å². The summed E-state index contributed by atoms with van der Waals surface area (Å²) in [5.74, 6) is 1.16. The van der Waals surface area contributed by atoms with Crippen molar-refractivity contribution in [3.8, 4) is 28.6 Å². The fourth-order valence-electron chi connectivity index (χ4n) is 3.09. The molecule has 0 saturated carbocycles. The Bertz CT molecular complexity index is 1130. The van der Waals surface area contributed by atoms with Gasteiger partial charge in [-0.3, -0.25) is 14.2 Å². The van der Waals surface area contributed by atoms with Crippen LogP contribution in [-0.2, 0) is 11.3 Å². The molecule has 0 aliphatic heterocycles. The van der Waals surface area contributed by atoms with Crippen molar-refractivity contribution in [2.24, 2.45) is 0 Å². The number of methoxy groups -OCH3 is 3. The molecule has 3 rings (SSSR count). The van der Waals surface area contributed by atoms with E-state index in [1.165, 1.54) is 32.0 Å². The lowest BCUT2D eigenvalue weighted by atomic mass is 10.2. The van der Waals surface area contributed by atoms with Crippen LogP contribution in [0.5, 0.6) is 17.2 Å². The maximum atomic E-state index is 12.8. The molecule has 3 aromatic rings. The molecular weight excluding hydrogens is 422 g/mol. The van der Waals surface area contributed by atoms with Crippen LogP contribution in [0.25, 0.3) is 11.4 Å². The number of benzene rings is 2. The summed E-state index contributed by atoms with van der Waals surface area (Å²) in [6, 6.07) is 11.5. The van der Waals surface area contributed by atoms with Crippen molar-refractivity contribution >= 4 is 23.2 Å². The molecule has 1 amide bonds. The van der Waals surface area contributed by atoms with Crippen LogP contribution in [0.2, 0.25) is 5.02 Å². The zero-order valence-electron chi connectivity index (χ0n) is 17.6. The number of amides is 1. The second-order valence-electron chi connectivity index (χ2n) is 6.61. The number of aryl methyl sites for hydroxylation is 1. The average Bonchev–Trinajstić information content (AvgIpc) is 2.75. The van der Waals surface area contributed by atoms with Gasteiger partial charge in [0.05, 0.1) is 21.3 Å². The predicted molar refractivity (Wildman–Crippen MR) is 118 cm³/mol. The van der Waals surface area contributed by atoms with Gasteiger partial charge in [-0.15, -0.1) is 0 Å². The van der Waals surface area contributed by atoms with Crippen molar-refractivity contribution in [1.29, 1.82) is 0 Å². The van der Waals surface area contributed by atoms with Gasteiger partial charge in [-0.25, -0.2) is 4.98 Å². The molecule has 0 unspecified atom stereocenters. The largest absolute Gasteiger partial charge is 0.493 e. The summed E-state index contributed by atoms with van der Waals surface area (Å²) >= 11 is 5.96. The molecule has 0 radical (unpaired) electrons. The summed E-state index contributed by atoms with van der Waals surface area (Å²) in [5.41, 5.74) is 1.32. The molecule has 1 heterocycles. The van der Waals surface area contributed by atoms with Gasteiger partial charge >= 0.3 is 0 Å². The highest BCUT2D eigenvalue weighted by Gasteiger charge is 2.17. The van der Waals surface area contributed by atoms with Crippen LogP contribution >= 0.6 is 11.6 Å². The molecule has 0 fully saturated rings. The molecule has 0 bridgehead atoms. The van der Waals surface area contributed by atoms with Crippen LogP contribution < -0.4 is 25.1 Å². The zero-order valence-corrected chi connectivity index (χ0v) is 18.3. The summed E-state index contributed by atoms with van der Waals surface area (Å²) in [7, 11) is 4.46. The Kier molecular flexibility index (Phi) is 6.81. The first-order valence-electron chi connectivity index (χ1n) is 9.30. The summed E-state index contributed by atoms with van der Waals surface area (Å²) in [4.78, 5) is 29.9. The van der Waals surface area contributed by atoms with Crippen molar-refractivity contribution in [2.75, 3.05) is 26.6 Å². The molecule has 0 atom stereocenters. The zero-order chi connectivity index (χ0) is 22.5. The third kappa shape index (κ3) is 4.97. The third-order valence-corrected chi connectivity index (χ3v) is 4.74. The van der Waals surface area contributed by atoms with Crippen LogP contribution in [-0.4, -0.2) is 36.8 Å². The maximum absolute atomic E-state index is 12.8. The standard InChI is InChI=1S/C22H22ClN3O5/c1-13-9-20(28)26(22(24-13)14-5-7-15(23)8-6-14)12-19(27)25-16-10-17(29-2)21(31-4)18(11-16)30-3/h5-11H,12H2,1-4H3,(H,25,27). The molecule has 9 heteroatoms. The van der Waals surface area contributed by atoms with E-state index >= 15 is 0 Å². The van der Waals surface area contributed by atoms with Gasteiger partial charge in [-0.1, -0.05) is 11.6 Å². The molecule has 2 aromatic carbocycles. The Balaban J connectivity index is 1.93. The van der Waals surface area contributed by atoms with E-state index in [4.69, 9.17) is 25.8 Å². The van der Waals surface area contributed by atoms with E-state index in [9.17, 15) is 9.59 Å². The van der Waals surface area contributed by atoms with E-state index in [0.717, 1.165) is 0 Å². The first-order chi connectivity index (χ1) is 14.9. The average molecular weight is 444 g/mol. The smallest absolute Gasteiger partial charge is 0.254 e. The summed E-state index contributed by atoms with van der Waals surface area (Å²) in [5, 5.41) is 3.32. The lowest BCUT2D eigenvalue weighted by molar-refractivity contribution is -0.116. The number of anilines is 1. The minimum absolute atomic E-state index is 0.235.